The smallest absolute Gasteiger partial charge is 0.408 e. The van der Waals surface area contributed by atoms with E-state index in [2.05, 4.69) is 15.5 Å². The summed E-state index contributed by atoms with van der Waals surface area (Å²) in [5.41, 5.74) is 3.38. The topological polar surface area (TPSA) is 130 Å². The molecule has 0 spiro atoms. The highest BCUT2D eigenvalue weighted by atomic mass is 16.6. The van der Waals surface area contributed by atoms with Crippen molar-refractivity contribution in [3.05, 3.63) is 101 Å². The molecule has 53 heavy (non-hydrogen) atoms. The van der Waals surface area contributed by atoms with Gasteiger partial charge in [0.1, 0.15) is 18.0 Å². The highest BCUT2D eigenvalue weighted by Gasteiger charge is 2.44. The lowest BCUT2D eigenvalue weighted by Crippen LogP contribution is -2.51. The third-order valence-electron chi connectivity index (χ3n) is 12.0. The molecule has 1 saturated heterocycles. The number of aliphatic hydroxyl groups is 2. The zero-order valence-electron chi connectivity index (χ0n) is 30.7. The molecule has 1 heterocycles. The van der Waals surface area contributed by atoms with E-state index in [1.165, 1.54) is 0 Å². The van der Waals surface area contributed by atoms with Gasteiger partial charge in [-0.05, 0) is 98.1 Å². The van der Waals surface area contributed by atoms with Crippen LogP contribution in [0.4, 0.5) is 4.79 Å². The number of morpholine rings is 1. The van der Waals surface area contributed by atoms with Crippen molar-refractivity contribution in [2.75, 3.05) is 39.5 Å². The number of nitrogens with one attached hydrogen (secondary N) is 2. The third-order valence-corrected chi connectivity index (χ3v) is 12.0. The van der Waals surface area contributed by atoms with E-state index in [4.69, 9.17) is 14.2 Å². The van der Waals surface area contributed by atoms with E-state index in [0.717, 1.165) is 105 Å². The van der Waals surface area contributed by atoms with Gasteiger partial charge in [-0.2, -0.15) is 0 Å². The number of ether oxygens (including phenoxy) is 3. The minimum absolute atomic E-state index is 0.0959. The van der Waals surface area contributed by atoms with Crippen molar-refractivity contribution in [3.63, 3.8) is 0 Å². The van der Waals surface area contributed by atoms with Crippen LogP contribution in [0.5, 0.6) is 5.75 Å². The van der Waals surface area contributed by atoms with Crippen LogP contribution in [0.1, 0.15) is 73.2 Å². The Balaban J connectivity index is 1.06. The minimum Gasteiger partial charge on any atom is -0.492 e. The Bertz CT molecular complexity index is 1630. The van der Waals surface area contributed by atoms with Gasteiger partial charge in [-0.1, -0.05) is 66.7 Å². The van der Waals surface area contributed by atoms with Crippen molar-refractivity contribution >= 4 is 12.0 Å². The van der Waals surface area contributed by atoms with Crippen LogP contribution in [0.25, 0.3) is 0 Å². The Morgan fingerprint density at radius 3 is 2.30 bits per heavy atom. The molecule has 5 aliphatic rings. The lowest BCUT2D eigenvalue weighted by atomic mass is 9.68. The normalized spacial score (nSPS) is 25.5. The maximum absolute atomic E-state index is 14.2. The molecule has 8 rings (SSSR count). The molecule has 10 heteroatoms. The van der Waals surface area contributed by atoms with E-state index in [9.17, 15) is 19.8 Å². The summed E-state index contributed by atoms with van der Waals surface area (Å²) in [4.78, 5) is 30.1. The maximum Gasteiger partial charge on any atom is 0.408 e. The second-order valence-corrected chi connectivity index (χ2v) is 15.6. The molecule has 0 unspecified atom stereocenters. The molecular formula is C43H55N3O7. The van der Waals surface area contributed by atoms with Crippen molar-refractivity contribution in [1.82, 2.24) is 15.5 Å². The van der Waals surface area contributed by atoms with Gasteiger partial charge in [0, 0.05) is 32.0 Å². The number of rotatable bonds is 15. The van der Waals surface area contributed by atoms with Gasteiger partial charge in [-0.25, -0.2) is 4.79 Å². The number of fused-ring (bicyclic) bond motifs is 4. The summed E-state index contributed by atoms with van der Waals surface area (Å²) in [5, 5.41) is 29.1. The molecule has 0 aromatic heterocycles. The molecule has 3 aromatic rings. The number of hydrogen-bond acceptors (Lipinski definition) is 8. The zero-order valence-corrected chi connectivity index (χ0v) is 30.7. The van der Waals surface area contributed by atoms with Crippen LogP contribution in [0.2, 0.25) is 0 Å². The van der Waals surface area contributed by atoms with E-state index >= 15 is 0 Å². The number of alkyl carbamates (subject to hydrolysis) is 1. The van der Waals surface area contributed by atoms with Crippen LogP contribution in [0, 0.1) is 11.8 Å². The summed E-state index contributed by atoms with van der Waals surface area (Å²) in [7, 11) is 0. The molecule has 284 valence electrons. The van der Waals surface area contributed by atoms with Crippen molar-refractivity contribution in [1.29, 1.82) is 0 Å². The monoisotopic (exact) mass is 725 g/mol. The van der Waals surface area contributed by atoms with E-state index in [1.807, 2.05) is 78.9 Å². The summed E-state index contributed by atoms with van der Waals surface area (Å²) < 4.78 is 17.6. The highest BCUT2D eigenvalue weighted by Crippen LogP contribution is 2.46. The first-order valence-electron chi connectivity index (χ1n) is 19.6. The number of carbonyl (C=O) groups is 2. The second kappa shape index (κ2) is 17.5. The highest BCUT2D eigenvalue weighted by molar-refractivity contribution is 5.80. The summed E-state index contributed by atoms with van der Waals surface area (Å²) in [6, 6.07) is 24.1. The van der Waals surface area contributed by atoms with Gasteiger partial charge in [-0.3, -0.25) is 9.69 Å². The SMILES string of the molecule is O=C(N[C@@H](Cc1ccccc1)[C@@H](O)C[C@@H](Cc1ccc(OCCN2CCOCC2)cc1)C(=O)N[C@H]1c2ccccc2C[C@H]1O)OC12CCC(CC1)CC2. The lowest BCUT2D eigenvalue weighted by molar-refractivity contribution is -0.127. The fourth-order valence-electron chi connectivity index (χ4n) is 8.77. The quantitative estimate of drug-likeness (QED) is 0.170. The van der Waals surface area contributed by atoms with Gasteiger partial charge in [0.15, 0.2) is 0 Å². The van der Waals surface area contributed by atoms with E-state index in [-0.39, 0.29) is 12.3 Å². The molecule has 5 atom stereocenters. The molecule has 2 amide bonds. The Morgan fingerprint density at radius 1 is 0.887 bits per heavy atom. The number of amides is 2. The standard InChI is InChI=1S/C43H55N3O7/c47-38(37(27-31-6-2-1-3-7-31)44-42(50)53-43-17-14-30(15-18-43)16-19-43)29-34(41(49)45-40-36-9-5-4-8-33(36)28-39(40)48)26-32-10-12-35(13-11-32)52-25-22-46-20-23-51-24-21-46/h1-13,30,34,37-40,47-48H,14-29H2,(H,44,50)(H,45,49)/t30?,34-,37+,38+,39-,40+,43?/m1/s1. The first-order chi connectivity index (χ1) is 25.8. The number of carbonyl (C=O) groups excluding carboxylic acids is 2. The van der Waals surface area contributed by atoms with Crippen molar-refractivity contribution in [2.24, 2.45) is 11.8 Å². The van der Waals surface area contributed by atoms with Crippen molar-refractivity contribution < 1.29 is 34.0 Å². The molecule has 3 aromatic carbocycles. The van der Waals surface area contributed by atoms with Gasteiger partial charge in [0.05, 0.1) is 37.5 Å². The first kappa shape index (κ1) is 37.4. The summed E-state index contributed by atoms with van der Waals surface area (Å²) in [5.74, 6) is 0.586. The fourth-order valence-corrected chi connectivity index (χ4v) is 8.77. The van der Waals surface area contributed by atoms with Crippen LogP contribution in [0.15, 0.2) is 78.9 Å². The van der Waals surface area contributed by atoms with Crippen LogP contribution in [-0.4, -0.2) is 90.4 Å². The van der Waals surface area contributed by atoms with Crippen molar-refractivity contribution in [3.8, 4) is 5.75 Å². The average molecular weight is 726 g/mol. The fraction of sp³-hybridized carbons (Fsp3) is 0.535. The van der Waals surface area contributed by atoms with Crippen LogP contribution in [0.3, 0.4) is 0 Å². The van der Waals surface area contributed by atoms with Gasteiger partial charge >= 0.3 is 6.09 Å². The van der Waals surface area contributed by atoms with Crippen molar-refractivity contribution in [2.45, 2.75) is 94.1 Å². The van der Waals surface area contributed by atoms with Gasteiger partial charge in [-0.15, -0.1) is 0 Å². The lowest BCUT2D eigenvalue weighted by Gasteiger charge is -2.45. The maximum atomic E-state index is 14.2. The van der Waals surface area contributed by atoms with Crippen LogP contribution < -0.4 is 15.4 Å². The number of nitrogens with zero attached hydrogens (tertiary/aromatic N) is 1. The largest absolute Gasteiger partial charge is 0.492 e. The molecule has 4 N–H and O–H groups in total. The van der Waals surface area contributed by atoms with Gasteiger partial charge in [0.25, 0.3) is 0 Å². The third kappa shape index (κ3) is 9.78. The summed E-state index contributed by atoms with van der Waals surface area (Å²) >= 11 is 0. The van der Waals surface area contributed by atoms with E-state index < -0.39 is 41.9 Å². The first-order valence-corrected chi connectivity index (χ1v) is 19.6. The number of benzene rings is 3. The molecule has 4 fully saturated rings. The molecule has 3 saturated carbocycles. The van der Waals surface area contributed by atoms with Gasteiger partial charge < -0.3 is 35.1 Å². The molecule has 2 bridgehead atoms. The Kier molecular flexibility index (Phi) is 12.3. The average Bonchev–Trinajstić information content (AvgIpc) is 3.50. The molecular weight excluding hydrogens is 670 g/mol. The predicted molar refractivity (Wildman–Crippen MR) is 202 cm³/mol. The van der Waals surface area contributed by atoms with Crippen LogP contribution in [-0.2, 0) is 33.5 Å². The number of aliphatic hydroxyl groups excluding tert-OH is 2. The summed E-state index contributed by atoms with van der Waals surface area (Å²) in [6.07, 6.45) is 4.89. The van der Waals surface area contributed by atoms with E-state index in [0.29, 0.717) is 25.9 Å². The molecule has 0 radical (unpaired) electrons. The Labute approximate surface area is 313 Å². The van der Waals surface area contributed by atoms with Crippen LogP contribution >= 0.6 is 0 Å². The zero-order chi connectivity index (χ0) is 36.6. The second-order valence-electron chi connectivity index (χ2n) is 15.6. The number of hydrogen-bond donors (Lipinski definition) is 4. The summed E-state index contributed by atoms with van der Waals surface area (Å²) in [6.45, 7) is 4.71. The predicted octanol–water partition coefficient (Wildman–Crippen LogP) is 5.14. The molecule has 1 aliphatic heterocycles. The van der Waals surface area contributed by atoms with Gasteiger partial charge in [0.2, 0.25) is 5.91 Å². The minimum atomic E-state index is -1.05. The molecule has 4 aliphatic carbocycles. The van der Waals surface area contributed by atoms with E-state index in [1.54, 1.807) is 0 Å². The Hall–Kier alpha value is -3.96. The molecule has 10 nitrogen and oxygen atoms in total. The Morgan fingerprint density at radius 2 is 1.57 bits per heavy atom.